The van der Waals surface area contributed by atoms with Gasteiger partial charge >= 0.3 is 159 Å². The Morgan fingerprint density at radius 1 is 0.760 bits per heavy atom. The Morgan fingerprint density at radius 3 is 1.88 bits per heavy atom. The van der Waals surface area contributed by atoms with Gasteiger partial charge in [-0.25, -0.2) is 0 Å². The van der Waals surface area contributed by atoms with E-state index < -0.39 is 5.31 Å². The van der Waals surface area contributed by atoms with Crippen LogP contribution >= 0.6 is 20.8 Å². The maximum absolute atomic E-state index is 6.03. The molecule has 0 amide bonds. The van der Waals surface area contributed by atoms with E-state index in [1.807, 2.05) is 30.3 Å². The van der Waals surface area contributed by atoms with Crippen LogP contribution in [0.4, 0.5) is 0 Å². The van der Waals surface area contributed by atoms with Gasteiger partial charge in [-0.1, -0.05) is 0 Å². The number of hydrogen-bond acceptors (Lipinski definition) is 1. The van der Waals surface area contributed by atoms with E-state index in [0.717, 1.165) is 18.1 Å². The van der Waals surface area contributed by atoms with Crippen molar-refractivity contribution in [3.63, 3.8) is 0 Å². The molecule has 0 radical (unpaired) electrons. The van der Waals surface area contributed by atoms with E-state index in [2.05, 4.69) is 82.8 Å². The van der Waals surface area contributed by atoms with Gasteiger partial charge in [0.15, 0.2) is 0 Å². The van der Waals surface area contributed by atoms with E-state index in [-0.39, 0.29) is 0 Å². The zero-order valence-corrected chi connectivity index (χ0v) is 17.0. The summed E-state index contributed by atoms with van der Waals surface area (Å²) in [6, 6.07) is 31.6. The van der Waals surface area contributed by atoms with Crippen LogP contribution < -0.4 is 10.0 Å². The molecule has 3 aromatic rings. The average molecular weight is 415 g/mol. The predicted octanol–water partition coefficient (Wildman–Crippen LogP) is 6.08. The van der Waals surface area contributed by atoms with Crippen LogP contribution in [0.25, 0.3) is 0 Å². The van der Waals surface area contributed by atoms with Crippen LogP contribution in [0.1, 0.15) is 5.56 Å². The summed E-state index contributed by atoms with van der Waals surface area (Å²) in [6.45, 7) is 3.10. The molecule has 0 bridgehead atoms. The predicted molar refractivity (Wildman–Crippen MR) is 115 cm³/mol. The van der Waals surface area contributed by atoms with E-state index in [1.165, 1.54) is 10.9 Å². The second kappa shape index (κ2) is 7.72. The SMILES string of the molecule is CP(Br)(CCOc1ccccc1)(Cc1ccccc1)c1ccccc1. The van der Waals surface area contributed by atoms with Crippen LogP contribution in [0.5, 0.6) is 5.75 Å². The van der Waals surface area contributed by atoms with Crippen LogP contribution in [0.3, 0.4) is 0 Å². The summed E-state index contributed by atoms with van der Waals surface area (Å²) < 4.78 is 6.03. The summed E-state index contributed by atoms with van der Waals surface area (Å²) in [4.78, 5) is 0. The van der Waals surface area contributed by atoms with E-state index >= 15 is 0 Å². The van der Waals surface area contributed by atoms with Crippen molar-refractivity contribution in [1.82, 2.24) is 0 Å². The topological polar surface area (TPSA) is 9.23 Å². The van der Waals surface area contributed by atoms with Gasteiger partial charge in [-0.2, -0.15) is 0 Å². The standard InChI is InChI=1S/C22H24BrOP/c1-25(23,22-15-9-4-10-16-22,19-20-11-5-2-6-12-20)18-17-24-21-13-7-3-8-14-21/h2-16H,17-19H2,1H3. The number of rotatable bonds is 7. The normalized spacial score (nSPS) is 13.0. The molecular weight excluding hydrogens is 391 g/mol. The van der Waals surface area contributed by atoms with Crippen molar-refractivity contribution in [3.8, 4) is 5.75 Å². The van der Waals surface area contributed by atoms with Crippen LogP contribution in [-0.4, -0.2) is 19.4 Å². The van der Waals surface area contributed by atoms with Gasteiger partial charge in [0, 0.05) is 0 Å². The molecule has 0 aromatic heterocycles. The molecule has 3 heteroatoms. The van der Waals surface area contributed by atoms with Gasteiger partial charge in [0.25, 0.3) is 0 Å². The first-order chi connectivity index (χ1) is 12.1. The molecule has 3 aromatic carbocycles. The molecule has 0 heterocycles. The summed E-state index contributed by atoms with van der Waals surface area (Å²) in [5, 5.41) is -0.927. The molecule has 0 N–H and O–H groups in total. The number of para-hydroxylation sites is 1. The number of hydrogen-bond donors (Lipinski definition) is 0. The summed E-state index contributed by atoms with van der Waals surface area (Å²) in [5.74, 6) is 0.932. The minimum atomic E-state index is -2.32. The number of halogens is 1. The fourth-order valence-electron chi connectivity index (χ4n) is 3.12. The van der Waals surface area contributed by atoms with Gasteiger partial charge in [0.2, 0.25) is 0 Å². The van der Waals surface area contributed by atoms with Crippen LogP contribution in [-0.2, 0) is 6.16 Å². The fourth-order valence-corrected chi connectivity index (χ4v) is 8.45. The Morgan fingerprint density at radius 2 is 1.28 bits per heavy atom. The summed E-state index contributed by atoms with van der Waals surface area (Å²) in [5.41, 5.74) is 1.36. The second-order valence-corrected chi connectivity index (χ2v) is 18.0. The first-order valence-electron chi connectivity index (χ1n) is 8.55. The Kier molecular flexibility index (Phi) is 5.61. The zero-order chi connectivity index (χ0) is 17.6. The molecule has 0 aliphatic rings. The molecule has 0 fully saturated rings. The molecule has 0 aliphatic heterocycles. The molecule has 130 valence electrons. The Balaban J connectivity index is 1.84. The van der Waals surface area contributed by atoms with Crippen molar-refractivity contribution in [2.75, 3.05) is 19.4 Å². The van der Waals surface area contributed by atoms with Crippen molar-refractivity contribution in [2.24, 2.45) is 0 Å². The number of benzene rings is 3. The second-order valence-electron chi connectivity index (χ2n) is 6.75. The molecule has 1 nitrogen and oxygen atoms in total. The van der Waals surface area contributed by atoms with Gasteiger partial charge in [0.1, 0.15) is 0 Å². The van der Waals surface area contributed by atoms with Crippen LogP contribution in [0.15, 0.2) is 91.0 Å². The molecule has 3 rings (SSSR count). The van der Waals surface area contributed by atoms with Gasteiger partial charge < -0.3 is 0 Å². The van der Waals surface area contributed by atoms with E-state index in [4.69, 9.17) is 4.74 Å². The molecule has 0 aliphatic carbocycles. The Bertz CT molecular complexity index is 788. The van der Waals surface area contributed by atoms with Crippen LogP contribution in [0.2, 0.25) is 0 Å². The van der Waals surface area contributed by atoms with Crippen molar-refractivity contribution >= 4 is 26.1 Å². The first-order valence-corrected chi connectivity index (χ1v) is 13.6. The monoisotopic (exact) mass is 414 g/mol. The summed E-state index contributed by atoms with van der Waals surface area (Å²) in [7, 11) is 0. The molecule has 0 spiro atoms. The van der Waals surface area contributed by atoms with Gasteiger partial charge in [-0.3, -0.25) is 0 Å². The van der Waals surface area contributed by atoms with E-state index in [9.17, 15) is 0 Å². The number of ether oxygens (including phenoxy) is 1. The molecule has 25 heavy (non-hydrogen) atoms. The molecule has 0 saturated heterocycles. The maximum atomic E-state index is 6.03. The third kappa shape index (κ3) is 4.71. The molecular formula is C22H24BrOP. The Hall–Kier alpha value is -1.63. The molecule has 0 atom stereocenters. The average Bonchev–Trinajstić information content (AvgIpc) is 2.64. The quantitative estimate of drug-likeness (QED) is 0.425. The van der Waals surface area contributed by atoms with Crippen molar-refractivity contribution in [3.05, 3.63) is 96.6 Å². The molecule has 0 saturated carbocycles. The molecule has 0 unspecified atom stereocenters. The third-order valence-electron chi connectivity index (χ3n) is 4.59. The fraction of sp³-hybridized carbons (Fsp3) is 0.182. The van der Waals surface area contributed by atoms with Crippen molar-refractivity contribution < 1.29 is 4.74 Å². The summed E-state index contributed by atoms with van der Waals surface area (Å²) >= 11 is 4.26. The van der Waals surface area contributed by atoms with Gasteiger partial charge in [-0.05, 0) is 0 Å². The van der Waals surface area contributed by atoms with Crippen LogP contribution in [0, 0.1) is 0 Å². The Labute approximate surface area is 158 Å². The summed E-state index contributed by atoms with van der Waals surface area (Å²) in [6.07, 6.45) is 2.01. The van der Waals surface area contributed by atoms with E-state index in [0.29, 0.717) is 6.61 Å². The van der Waals surface area contributed by atoms with Gasteiger partial charge in [0.05, 0.1) is 0 Å². The van der Waals surface area contributed by atoms with Crippen molar-refractivity contribution in [1.29, 1.82) is 0 Å². The minimum absolute atomic E-state index is 0.700. The van der Waals surface area contributed by atoms with Crippen molar-refractivity contribution in [2.45, 2.75) is 6.16 Å². The van der Waals surface area contributed by atoms with Gasteiger partial charge in [-0.15, -0.1) is 0 Å². The van der Waals surface area contributed by atoms with E-state index in [1.54, 1.807) is 0 Å². The third-order valence-corrected chi connectivity index (χ3v) is 11.9. The zero-order valence-electron chi connectivity index (χ0n) is 14.5. The first kappa shape index (κ1) is 18.2.